The topological polar surface area (TPSA) is 78.9 Å². The fourth-order valence-corrected chi connectivity index (χ4v) is 9.95. The Morgan fingerprint density at radius 3 is 0.726 bits per heavy atom. The normalized spacial score (nSPS) is 12.1. The summed E-state index contributed by atoms with van der Waals surface area (Å²) in [5.74, 6) is -0.862. The van der Waals surface area contributed by atoms with E-state index >= 15 is 0 Å². The summed E-state index contributed by atoms with van der Waals surface area (Å²) in [6.45, 7) is 6.65. The number of hydrogen-bond acceptors (Lipinski definition) is 6. The fourth-order valence-electron chi connectivity index (χ4n) is 9.95. The Balaban J connectivity index is 4.15. The first kappa shape index (κ1) is 70.9. The van der Waals surface area contributed by atoms with Gasteiger partial charge in [0.05, 0.1) is 0 Å². The van der Waals surface area contributed by atoms with E-state index in [4.69, 9.17) is 14.2 Å². The van der Waals surface area contributed by atoms with Gasteiger partial charge in [0.25, 0.3) is 0 Å². The molecule has 1 unspecified atom stereocenters. The molecular weight excluding hydrogens is 901 g/mol. The van der Waals surface area contributed by atoms with E-state index < -0.39 is 6.10 Å². The van der Waals surface area contributed by atoms with Gasteiger partial charge in [-0.05, 0) is 64.2 Å². The maximum absolute atomic E-state index is 12.9. The zero-order chi connectivity index (χ0) is 52.9. The summed E-state index contributed by atoms with van der Waals surface area (Å²) in [7, 11) is 0. The highest BCUT2D eigenvalue weighted by atomic mass is 16.6. The van der Waals surface area contributed by atoms with Crippen LogP contribution in [0.5, 0.6) is 0 Å². The summed E-state index contributed by atoms with van der Waals surface area (Å²) < 4.78 is 16.9. The van der Waals surface area contributed by atoms with E-state index in [0.29, 0.717) is 19.3 Å². The third-order valence-corrected chi connectivity index (χ3v) is 14.9. The number of carbonyl (C=O) groups is 3. The van der Waals surface area contributed by atoms with Crippen LogP contribution in [0, 0.1) is 0 Å². The van der Waals surface area contributed by atoms with Crippen LogP contribution in [0.4, 0.5) is 0 Å². The smallest absolute Gasteiger partial charge is 0.306 e. The lowest BCUT2D eigenvalue weighted by atomic mass is 10.0. The molecule has 0 bridgehead atoms. The van der Waals surface area contributed by atoms with Crippen LogP contribution in [0.1, 0.15) is 367 Å². The molecule has 430 valence electrons. The average molecular weight is 1030 g/mol. The van der Waals surface area contributed by atoms with Crippen LogP contribution < -0.4 is 0 Å². The quantitative estimate of drug-likeness (QED) is 0.0261. The van der Waals surface area contributed by atoms with Crippen LogP contribution >= 0.6 is 0 Å². The second-order valence-corrected chi connectivity index (χ2v) is 22.4. The van der Waals surface area contributed by atoms with Crippen LogP contribution in [0.25, 0.3) is 0 Å². The Labute approximate surface area is 455 Å². The molecule has 0 aromatic heterocycles. The largest absolute Gasteiger partial charge is 0.462 e. The van der Waals surface area contributed by atoms with Gasteiger partial charge in [0.1, 0.15) is 13.2 Å². The maximum Gasteiger partial charge on any atom is 0.306 e. The zero-order valence-electron chi connectivity index (χ0n) is 49.4. The van der Waals surface area contributed by atoms with Gasteiger partial charge in [0.2, 0.25) is 0 Å². The van der Waals surface area contributed by atoms with Crippen molar-refractivity contribution in [2.75, 3.05) is 13.2 Å². The molecule has 0 heterocycles. The van der Waals surface area contributed by atoms with Crippen molar-refractivity contribution >= 4 is 17.9 Å². The summed E-state index contributed by atoms with van der Waals surface area (Å²) in [6.07, 6.45) is 74.9. The number of ether oxygens (including phenoxy) is 3. The van der Waals surface area contributed by atoms with E-state index in [9.17, 15) is 14.4 Å². The number of unbranched alkanes of at least 4 members (excludes halogenated alkanes) is 46. The standard InChI is InChI=1S/C67H126O6/c1-4-7-10-13-16-19-22-24-26-28-29-30-31-32-33-34-35-36-37-39-40-42-45-48-51-54-57-60-66(69)72-63-64(62-71-65(68)59-56-53-50-47-44-21-18-15-12-9-6-3)73-67(70)61-58-55-52-49-46-43-41-38-27-25-23-20-17-14-11-8-5-2/h15,18,25,27,64H,4-14,16-17,19-24,26,28-63H2,1-3H3/b18-15-,27-25-. The Morgan fingerprint density at radius 1 is 0.260 bits per heavy atom. The Bertz CT molecular complexity index is 1180. The second-order valence-electron chi connectivity index (χ2n) is 22.4. The van der Waals surface area contributed by atoms with Crippen molar-refractivity contribution in [2.45, 2.75) is 374 Å². The summed E-state index contributed by atoms with van der Waals surface area (Å²) in [5.41, 5.74) is 0. The van der Waals surface area contributed by atoms with Crippen molar-refractivity contribution in [1.29, 1.82) is 0 Å². The molecule has 0 aliphatic rings. The van der Waals surface area contributed by atoms with E-state index in [-0.39, 0.29) is 31.1 Å². The van der Waals surface area contributed by atoms with Crippen molar-refractivity contribution in [1.82, 2.24) is 0 Å². The number of allylic oxidation sites excluding steroid dienone is 4. The van der Waals surface area contributed by atoms with Crippen molar-refractivity contribution in [3.05, 3.63) is 24.3 Å². The molecule has 0 saturated carbocycles. The SMILES string of the molecule is CCCC/C=C\CCCCCCCC(=O)OCC(COC(=O)CCCCCCCCCCCCCCCCCCCCCCCCCCCCC)OC(=O)CCCCCCCCC/C=C\CCCCCCCC. The molecule has 0 amide bonds. The van der Waals surface area contributed by atoms with Crippen LogP contribution in [-0.4, -0.2) is 37.2 Å². The van der Waals surface area contributed by atoms with Crippen molar-refractivity contribution in [3.8, 4) is 0 Å². The Hall–Kier alpha value is -2.11. The summed E-state index contributed by atoms with van der Waals surface area (Å²) in [6, 6.07) is 0. The zero-order valence-corrected chi connectivity index (χ0v) is 49.4. The molecule has 0 N–H and O–H groups in total. The van der Waals surface area contributed by atoms with Crippen molar-refractivity contribution < 1.29 is 28.6 Å². The molecular formula is C67H126O6. The lowest BCUT2D eigenvalue weighted by Gasteiger charge is -2.18. The number of hydrogen-bond donors (Lipinski definition) is 0. The highest BCUT2D eigenvalue weighted by Gasteiger charge is 2.19. The third kappa shape index (κ3) is 60.6. The number of rotatable bonds is 61. The van der Waals surface area contributed by atoms with Gasteiger partial charge < -0.3 is 14.2 Å². The Kier molecular flexibility index (Phi) is 60.6. The van der Waals surface area contributed by atoms with Crippen LogP contribution in [0.15, 0.2) is 24.3 Å². The molecule has 0 aromatic carbocycles. The maximum atomic E-state index is 12.9. The first-order valence-electron chi connectivity index (χ1n) is 32.8. The molecule has 0 saturated heterocycles. The minimum Gasteiger partial charge on any atom is -0.462 e. The molecule has 0 aromatic rings. The van der Waals surface area contributed by atoms with Gasteiger partial charge in [-0.25, -0.2) is 0 Å². The molecule has 0 fully saturated rings. The van der Waals surface area contributed by atoms with Gasteiger partial charge in [-0.1, -0.05) is 308 Å². The first-order chi connectivity index (χ1) is 36.0. The molecule has 0 rings (SSSR count). The minimum atomic E-state index is -0.774. The molecule has 0 aliphatic carbocycles. The van der Waals surface area contributed by atoms with E-state index in [2.05, 4.69) is 45.1 Å². The molecule has 0 radical (unpaired) electrons. The predicted molar refractivity (Wildman–Crippen MR) is 316 cm³/mol. The van der Waals surface area contributed by atoms with Gasteiger partial charge in [0.15, 0.2) is 6.10 Å². The fraction of sp³-hybridized carbons (Fsp3) is 0.896. The average Bonchev–Trinajstić information content (AvgIpc) is 3.39. The van der Waals surface area contributed by atoms with E-state index in [0.717, 1.165) is 64.2 Å². The van der Waals surface area contributed by atoms with E-state index in [1.54, 1.807) is 0 Å². The summed E-state index contributed by atoms with van der Waals surface area (Å²) >= 11 is 0. The number of esters is 3. The minimum absolute atomic E-state index is 0.0709. The lowest BCUT2D eigenvalue weighted by Crippen LogP contribution is -2.30. The molecule has 0 spiro atoms. The summed E-state index contributed by atoms with van der Waals surface area (Å²) in [4.78, 5) is 38.2. The molecule has 1 atom stereocenters. The van der Waals surface area contributed by atoms with Crippen LogP contribution in [-0.2, 0) is 28.6 Å². The van der Waals surface area contributed by atoms with Crippen molar-refractivity contribution in [3.63, 3.8) is 0 Å². The highest BCUT2D eigenvalue weighted by molar-refractivity contribution is 5.71. The van der Waals surface area contributed by atoms with Crippen LogP contribution in [0.2, 0.25) is 0 Å². The van der Waals surface area contributed by atoms with Gasteiger partial charge in [-0.2, -0.15) is 0 Å². The first-order valence-corrected chi connectivity index (χ1v) is 32.8. The lowest BCUT2D eigenvalue weighted by molar-refractivity contribution is -0.167. The van der Waals surface area contributed by atoms with E-state index in [1.807, 2.05) is 0 Å². The molecule has 6 nitrogen and oxygen atoms in total. The second kappa shape index (κ2) is 62.4. The Morgan fingerprint density at radius 2 is 0.466 bits per heavy atom. The van der Waals surface area contributed by atoms with Crippen LogP contribution in [0.3, 0.4) is 0 Å². The number of carbonyl (C=O) groups excluding carboxylic acids is 3. The monoisotopic (exact) mass is 1030 g/mol. The third-order valence-electron chi connectivity index (χ3n) is 14.9. The molecule has 0 aliphatic heterocycles. The van der Waals surface area contributed by atoms with Gasteiger partial charge in [-0.15, -0.1) is 0 Å². The predicted octanol–water partition coefficient (Wildman–Crippen LogP) is 22.2. The van der Waals surface area contributed by atoms with E-state index in [1.165, 1.54) is 263 Å². The van der Waals surface area contributed by atoms with Gasteiger partial charge in [0, 0.05) is 19.3 Å². The molecule has 6 heteroatoms. The van der Waals surface area contributed by atoms with Gasteiger partial charge >= 0.3 is 17.9 Å². The van der Waals surface area contributed by atoms with Gasteiger partial charge in [-0.3, -0.25) is 14.4 Å². The highest BCUT2D eigenvalue weighted by Crippen LogP contribution is 2.18. The summed E-state index contributed by atoms with van der Waals surface area (Å²) in [5, 5.41) is 0. The van der Waals surface area contributed by atoms with Crippen molar-refractivity contribution in [2.24, 2.45) is 0 Å². The molecule has 73 heavy (non-hydrogen) atoms.